The highest BCUT2D eigenvalue weighted by molar-refractivity contribution is 6.02. The lowest BCUT2D eigenvalue weighted by Gasteiger charge is -2.05. The number of hydrogen-bond acceptors (Lipinski definition) is 2. The van der Waals surface area contributed by atoms with Crippen molar-refractivity contribution in [3.63, 3.8) is 0 Å². The predicted octanol–water partition coefficient (Wildman–Crippen LogP) is 3.72. The molecular formula is C16H15NO2. The summed E-state index contributed by atoms with van der Waals surface area (Å²) in [5.41, 5.74) is 1.94. The van der Waals surface area contributed by atoms with Crippen LogP contribution in [0.4, 0.5) is 0 Å². The number of carboxylic acid groups (broad SMARTS) is 1. The molecule has 0 saturated carbocycles. The van der Waals surface area contributed by atoms with E-state index in [0.717, 1.165) is 21.9 Å². The highest BCUT2D eigenvalue weighted by Crippen LogP contribution is 2.23. The first-order chi connectivity index (χ1) is 9.22. The largest absolute Gasteiger partial charge is 0.481 e. The van der Waals surface area contributed by atoms with Gasteiger partial charge in [-0.1, -0.05) is 48.6 Å². The van der Waals surface area contributed by atoms with E-state index in [9.17, 15) is 4.79 Å². The van der Waals surface area contributed by atoms with Crippen LogP contribution in [0, 0.1) is 5.41 Å². The second-order valence-corrected chi connectivity index (χ2v) is 4.27. The van der Waals surface area contributed by atoms with Crippen molar-refractivity contribution >= 4 is 29.0 Å². The van der Waals surface area contributed by atoms with Gasteiger partial charge in [-0.05, 0) is 28.3 Å². The molecule has 0 aliphatic heterocycles. The van der Waals surface area contributed by atoms with Crippen molar-refractivity contribution in [1.29, 1.82) is 5.41 Å². The van der Waals surface area contributed by atoms with E-state index in [1.54, 1.807) is 0 Å². The van der Waals surface area contributed by atoms with Crippen LogP contribution in [0.5, 0.6) is 0 Å². The molecule has 2 aromatic carbocycles. The summed E-state index contributed by atoms with van der Waals surface area (Å²) in [5.74, 6) is -0.784. The first kappa shape index (κ1) is 13.0. The number of carboxylic acids is 1. The van der Waals surface area contributed by atoms with E-state index in [1.165, 1.54) is 6.21 Å². The quantitative estimate of drug-likeness (QED) is 0.798. The van der Waals surface area contributed by atoms with Crippen molar-refractivity contribution in [1.82, 2.24) is 0 Å². The van der Waals surface area contributed by atoms with Crippen molar-refractivity contribution in [2.75, 3.05) is 0 Å². The molecule has 2 N–H and O–H groups in total. The Labute approximate surface area is 111 Å². The standard InChI is InChI=1S/C16H15NO2/c17-11-13-10-9-12(5-1-4-8-16(18)19)14-6-2-3-7-15(13)14/h1-3,5-7,9-11,17H,4,8H2,(H,18,19)/b5-1+,17-11?. The van der Waals surface area contributed by atoms with Gasteiger partial charge in [-0.2, -0.15) is 0 Å². The molecule has 2 rings (SSSR count). The molecule has 96 valence electrons. The number of nitrogens with one attached hydrogen (secondary N) is 1. The van der Waals surface area contributed by atoms with Gasteiger partial charge in [0.25, 0.3) is 0 Å². The summed E-state index contributed by atoms with van der Waals surface area (Å²) in [6.07, 6.45) is 5.84. The van der Waals surface area contributed by atoms with Crippen molar-refractivity contribution in [2.45, 2.75) is 12.8 Å². The van der Waals surface area contributed by atoms with Crippen LogP contribution in [-0.4, -0.2) is 17.3 Å². The molecule has 0 spiro atoms. The Morgan fingerprint density at radius 1 is 1.11 bits per heavy atom. The Morgan fingerprint density at radius 2 is 1.74 bits per heavy atom. The van der Waals surface area contributed by atoms with Gasteiger partial charge >= 0.3 is 5.97 Å². The van der Waals surface area contributed by atoms with Gasteiger partial charge in [-0.25, -0.2) is 0 Å². The molecule has 0 bridgehead atoms. The van der Waals surface area contributed by atoms with Gasteiger partial charge < -0.3 is 10.5 Å². The lowest BCUT2D eigenvalue weighted by molar-refractivity contribution is -0.136. The van der Waals surface area contributed by atoms with Crippen LogP contribution in [0.25, 0.3) is 16.8 Å². The van der Waals surface area contributed by atoms with Crippen LogP contribution < -0.4 is 0 Å². The number of fused-ring (bicyclic) bond motifs is 1. The van der Waals surface area contributed by atoms with Crippen LogP contribution >= 0.6 is 0 Å². The maximum atomic E-state index is 10.4. The Bertz CT molecular complexity index is 644. The molecule has 0 saturated heterocycles. The van der Waals surface area contributed by atoms with E-state index in [4.69, 9.17) is 10.5 Å². The number of hydrogen-bond donors (Lipinski definition) is 2. The van der Waals surface area contributed by atoms with E-state index < -0.39 is 5.97 Å². The van der Waals surface area contributed by atoms with E-state index >= 15 is 0 Å². The lowest BCUT2D eigenvalue weighted by Crippen LogP contribution is -1.91. The second-order valence-electron chi connectivity index (χ2n) is 4.27. The third kappa shape index (κ3) is 3.07. The summed E-state index contributed by atoms with van der Waals surface area (Å²) in [6, 6.07) is 11.8. The average molecular weight is 253 g/mol. The summed E-state index contributed by atoms with van der Waals surface area (Å²) in [6.45, 7) is 0. The molecule has 0 atom stereocenters. The van der Waals surface area contributed by atoms with Gasteiger partial charge in [0, 0.05) is 12.6 Å². The van der Waals surface area contributed by atoms with Gasteiger partial charge in [0.1, 0.15) is 0 Å². The zero-order valence-corrected chi connectivity index (χ0v) is 10.5. The minimum Gasteiger partial charge on any atom is -0.481 e. The molecule has 0 fully saturated rings. The fraction of sp³-hybridized carbons (Fsp3) is 0.125. The molecule has 0 radical (unpaired) electrons. The summed E-state index contributed by atoms with van der Waals surface area (Å²) in [7, 11) is 0. The first-order valence-electron chi connectivity index (χ1n) is 6.13. The summed E-state index contributed by atoms with van der Waals surface area (Å²) in [5, 5.41) is 18.1. The Balaban J connectivity index is 2.34. The molecule has 0 heterocycles. The number of rotatable bonds is 5. The van der Waals surface area contributed by atoms with E-state index in [2.05, 4.69) is 0 Å². The lowest BCUT2D eigenvalue weighted by atomic mass is 9.99. The number of allylic oxidation sites excluding steroid dienone is 1. The van der Waals surface area contributed by atoms with Gasteiger partial charge in [-0.15, -0.1) is 0 Å². The predicted molar refractivity (Wildman–Crippen MR) is 77.7 cm³/mol. The SMILES string of the molecule is N=Cc1ccc(/C=C/CCC(=O)O)c2ccccc12. The van der Waals surface area contributed by atoms with Gasteiger partial charge in [-0.3, -0.25) is 4.79 Å². The molecule has 3 heteroatoms. The van der Waals surface area contributed by atoms with Crippen LogP contribution in [0.15, 0.2) is 42.5 Å². The Morgan fingerprint density at radius 3 is 2.37 bits per heavy atom. The van der Waals surface area contributed by atoms with Crippen LogP contribution in [-0.2, 0) is 4.79 Å². The zero-order valence-electron chi connectivity index (χ0n) is 10.5. The Kier molecular flexibility index (Phi) is 4.08. The fourth-order valence-corrected chi connectivity index (χ4v) is 2.03. The molecule has 0 unspecified atom stereocenters. The van der Waals surface area contributed by atoms with Crippen molar-refractivity contribution in [3.8, 4) is 0 Å². The topological polar surface area (TPSA) is 61.2 Å². The minimum atomic E-state index is -0.784. The van der Waals surface area contributed by atoms with Crippen molar-refractivity contribution in [3.05, 3.63) is 53.6 Å². The number of carbonyl (C=O) groups is 1. The molecule has 0 amide bonds. The second kappa shape index (κ2) is 5.96. The van der Waals surface area contributed by atoms with Gasteiger partial charge in [0.05, 0.1) is 0 Å². The molecule has 0 aliphatic carbocycles. The van der Waals surface area contributed by atoms with Crippen LogP contribution in [0.1, 0.15) is 24.0 Å². The zero-order chi connectivity index (χ0) is 13.7. The summed E-state index contributed by atoms with van der Waals surface area (Å²) >= 11 is 0. The molecule has 0 aromatic heterocycles. The van der Waals surface area contributed by atoms with E-state index in [1.807, 2.05) is 48.6 Å². The first-order valence-corrected chi connectivity index (χ1v) is 6.13. The van der Waals surface area contributed by atoms with Crippen molar-refractivity contribution < 1.29 is 9.90 Å². The molecule has 0 aliphatic rings. The summed E-state index contributed by atoms with van der Waals surface area (Å²) < 4.78 is 0. The monoisotopic (exact) mass is 253 g/mol. The van der Waals surface area contributed by atoms with Gasteiger partial charge in [0.15, 0.2) is 0 Å². The highest BCUT2D eigenvalue weighted by atomic mass is 16.4. The van der Waals surface area contributed by atoms with Crippen LogP contribution in [0.3, 0.4) is 0 Å². The number of benzene rings is 2. The minimum absolute atomic E-state index is 0.146. The molecule has 2 aromatic rings. The maximum absolute atomic E-state index is 10.4. The van der Waals surface area contributed by atoms with Crippen molar-refractivity contribution in [2.24, 2.45) is 0 Å². The summed E-state index contributed by atoms with van der Waals surface area (Å²) in [4.78, 5) is 10.4. The third-order valence-corrected chi connectivity index (χ3v) is 2.97. The Hall–Kier alpha value is -2.42. The fourth-order valence-electron chi connectivity index (χ4n) is 2.03. The highest BCUT2D eigenvalue weighted by Gasteiger charge is 2.01. The van der Waals surface area contributed by atoms with Gasteiger partial charge in [0.2, 0.25) is 0 Å². The van der Waals surface area contributed by atoms with E-state index in [0.29, 0.717) is 6.42 Å². The average Bonchev–Trinajstić information content (AvgIpc) is 2.43. The number of aliphatic carboxylic acids is 1. The van der Waals surface area contributed by atoms with E-state index in [-0.39, 0.29) is 6.42 Å². The third-order valence-electron chi connectivity index (χ3n) is 2.97. The van der Waals surface area contributed by atoms with Crippen LogP contribution in [0.2, 0.25) is 0 Å². The molecule has 19 heavy (non-hydrogen) atoms. The maximum Gasteiger partial charge on any atom is 0.303 e. The normalized spacial score (nSPS) is 10.9. The smallest absolute Gasteiger partial charge is 0.303 e. The molecular weight excluding hydrogens is 238 g/mol. The molecule has 3 nitrogen and oxygen atoms in total.